The van der Waals surface area contributed by atoms with E-state index in [1.165, 1.54) is 6.07 Å². The molecule has 21 heavy (non-hydrogen) atoms. The Hall–Kier alpha value is -2.49. The first-order chi connectivity index (χ1) is 10.0. The fourth-order valence-electron chi connectivity index (χ4n) is 3.00. The van der Waals surface area contributed by atoms with Gasteiger partial charge in [-0.2, -0.15) is 13.2 Å². The van der Waals surface area contributed by atoms with E-state index in [4.69, 9.17) is 0 Å². The van der Waals surface area contributed by atoms with Gasteiger partial charge in [0, 0.05) is 11.1 Å². The van der Waals surface area contributed by atoms with E-state index in [0.717, 1.165) is 26.9 Å². The number of alkyl halides is 3. The molecule has 0 atom stereocenters. The molecule has 0 unspecified atom stereocenters. The number of benzene rings is 4. The van der Waals surface area contributed by atoms with E-state index in [0.29, 0.717) is 5.39 Å². The molecule has 0 amide bonds. The SMILES string of the molecule is FC(F)(F)Nc1ccc2ccc3cccc4ccc1c2c34. The molecule has 0 bridgehead atoms. The molecule has 0 aromatic heterocycles. The summed E-state index contributed by atoms with van der Waals surface area (Å²) in [4.78, 5) is 0. The highest BCUT2D eigenvalue weighted by Crippen LogP contribution is 2.38. The quantitative estimate of drug-likeness (QED) is 0.359. The largest absolute Gasteiger partial charge is 0.482 e. The summed E-state index contributed by atoms with van der Waals surface area (Å²) in [6.45, 7) is 0. The van der Waals surface area contributed by atoms with Crippen molar-refractivity contribution in [2.24, 2.45) is 0 Å². The van der Waals surface area contributed by atoms with E-state index in [2.05, 4.69) is 0 Å². The van der Waals surface area contributed by atoms with Crippen molar-refractivity contribution in [1.82, 2.24) is 0 Å². The molecule has 0 saturated carbocycles. The summed E-state index contributed by atoms with van der Waals surface area (Å²) in [6.07, 6.45) is -4.44. The average molecular weight is 285 g/mol. The van der Waals surface area contributed by atoms with Crippen molar-refractivity contribution >= 4 is 38.0 Å². The van der Waals surface area contributed by atoms with Gasteiger partial charge in [0.25, 0.3) is 0 Å². The Morgan fingerprint density at radius 3 is 1.90 bits per heavy atom. The van der Waals surface area contributed by atoms with Gasteiger partial charge >= 0.3 is 6.30 Å². The Balaban J connectivity index is 2.15. The van der Waals surface area contributed by atoms with E-state index in [1.807, 2.05) is 36.4 Å². The number of nitrogens with one attached hydrogen (secondary N) is 1. The Kier molecular flexibility index (Phi) is 2.34. The van der Waals surface area contributed by atoms with Crippen LogP contribution >= 0.6 is 0 Å². The van der Waals surface area contributed by atoms with Crippen molar-refractivity contribution in [3.63, 3.8) is 0 Å². The molecular formula is C17H10F3N. The maximum Gasteiger partial charge on any atom is 0.482 e. The Morgan fingerprint density at radius 2 is 1.24 bits per heavy atom. The van der Waals surface area contributed by atoms with E-state index < -0.39 is 6.30 Å². The third-order valence-corrected chi connectivity index (χ3v) is 3.81. The molecule has 0 radical (unpaired) electrons. The van der Waals surface area contributed by atoms with E-state index in [9.17, 15) is 13.2 Å². The molecule has 0 saturated heterocycles. The van der Waals surface area contributed by atoms with Crippen LogP contribution in [0.4, 0.5) is 18.9 Å². The van der Waals surface area contributed by atoms with Gasteiger partial charge in [0.1, 0.15) is 0 Å². The first-order valence-corrected chi connectivity index (χ1v) is 6.54. The highest BCUT2D eigenvalue weighted by molar-refractivity contribution is 6.25. The molecular weight excluding hydrogens is 275 g/mol. The first kappa shape index (κ1) is 12.3. The monoisotopic (exact) mass is 285 g/mol. The normalized spacial score (nSPS) is 12.5. The molecule has 4 aromatic carbocycles. The minimum Gasteiger partial charge on any atom is -0.297 e. The van der Waals surface area contributed by atoms with Crippen LogP contribution in [0, 0.1) is 0 Å². The standard InChI is InChI=1S/C17H10F3N/c18-17(19,20)21-14-9-7-12-5-4-10-2-1-3-11-6-8-13(14)16(12)15(10)11/h1-9,21H. The molecule has 0 heterocycles. The lowest BCUT2D eigenvalue weighted by Gasteiger charge is -2.16. The van der Waals surface area contributed by atoms with Crippen molar-refractivity contribution in [2.75, 3.05) is 5.32 Å². The fraction of sp³-hybridized carbons (Fsp3) is 0.0588. The second-order valence-electron chi connectivity index (χ2n) is 5.09. The predicted molar refractivity (Wildman–Crippen MR) is 79.8 cm³/mol. The maximum atomic E-state index is 12.7. The molecule has 0 aliphatic carbocycles. The van der Waals surface area contributed by atoms with E-state index in [1.54, 1.807) is 17.4 Å². The molecule has 4 aromatic rings. The number of halogens is 3. The summed E-state index contributed by atoms with van der Waals surface area (Å²) < 4.78 is 38.0. The third kappa shape index (κ3) is 1.87. The minimum atomic E-state index is -4.44. The van der Waals surface area contributed by atoms with Crippen LogP contribution in [0.2, 0.25) is 0 Å². The maximum absolute atomic E-state index is 12.7. The summed E-state index contributed by atoms with van der Waals surface area (Å²) in [5, 5.41) is 7.13. The van der Waals surface area contributed by atoms with Gasteiger partial charge in [0.15, 0.2) is 0 Å². The topological polar surface area (TPSA) is 12.0 Å². The van der Waals surface area contributed by atoms with Crippen LogP contribution in [0.5, 0.6) is 0 Å². The highest BCUT2D eigenvalue weighted by atomic mass is 19.4. The Bertz CT molecular complexity index is 941. The predicted octanol–water partition coefficient (Wildman–Crippen LogP) is 5.52. The Labute approximate surface area is 118 Å². The van der Waals surface area contributed by atoms with Gasteiger partial charge in [-0.3, -0.25) is 5.32 Å². The van der Waals surface area contributed by atoms with Gasteiger partial charge in [-0.25, -0.2) is 0 Å². The minimum absolute atomic E-state index is 0.0910. The molecule has 1 N–H and O–H groups in total. The number of hydrogen-bond donors (Lipinski definition) is 1. The second kappa shape index (κ2) is 4.01. The van der Waals surface area contributed by atoms with Gasteiger partial charge in [0.2, 0.25) is 0 Å². The van der Waals surface area contributed by atoms with Crippen LogP contribution in [0.25, 0.3) is 32.3 Å². The fourth-order valence-corrected chi connectivity index (χ4v) is 3.00. The Morgan fingerprint density at radius 1 is 0.667 bits per heavy atom. The van der Waals surface area contributed by atoms with Crippen LogP contribution in [0.3, 0.4) is 0 Å². The van der Waals surface area contributed by atoms with Crippen LogP contribution < -0.4 is 5.32 Å². The van der Waals surface area contributed by atoms with Crippen molar-refractivity contribution in [3.05, 3.63) is 54.6 Å². The molecule has 0 aliphatic rings. The lowest BCUT2D eigenvalue weighted by Crippen LogP contribution is -2.20. The summed E-state index contributed by atoms with van der Waals surface area (Å²) in [7, 11) is 0. The third-order valence-electron chi connectivity index (χ3n) is 3.81. The molecule has 104 valence electrons. The zero-order chi connectivity index (χ0) is 14.6. The van der Waals surface area contributed by atoms with Gasteiger partial charge in [-0.1, -0.05) is 48.5 Å². The molecule has 0 spiro atoms. The molecule has 0 fully saturated rings. The smallest absolute Gasteiger partial charge is 0.297 e. The van der Waals surface area contributed by atoms with Crippen LogP contribution in [0.15, 0.2) is 54.6 Å². The summed E-state index contributed by atoms with van der Waals surface area (Å²) in [5.41, 5.74) is 0.0910. The van der Waals surface area contributed by atoms with Gasteiger partial charge in [0.05, 0.1) is 0 Å². The van der Waals surface area contributed by atoms with E-state index in [-0.39, 0.29) is 5.69 Å². The zero-order valence-electron chi connectivity index (χ0n) is 10.8. The number of rotatable bonds is 1. The molecule has 4 heteroatoms. The van der Waals surface area contributed by atoms with E-state index >= 15 is 0 Å². The number of anilines is 1. The summed E-state index contributed by atoms with van der Waals surface area (Å²) in [6, 6.07) is 16.7. The zero-order valence-corrected chi connectivity index (χ0v) is 10.8. The highest BCUT2D eigenvalue weighted by Gasteiger charge is 2.28. The van der Waals surface area contributed by atoms with Crippen molar-refractivity contribution in [1.29, 1.82) is 0 Å². The molecule has 1 nitrogen and oxygen atoms in total. The van der Waals surface area contributed by atoms with Crippen molar-refractivity contribution < 1.29 is 13.2 Å². The summed E-state index contributed by atoms with van der Waals surface area (Å²) in [5.74, 6) is 0. The summed E-state index contributed by atoms with van der Waals surface area (Å²) >= 11 is 0. The van der Waals surface area contributed by atoms with Gasteiger partial charge < -0.3 is 0 Å². The van der Waals surface area contributed by atoms with Gasteiger partial charge in [-0.15, -0.1) is 0 Å². The van der Waals surface area contributed by atoms with Crippen LogP contribution in [-0.4, -0.2) is 6.30 Å². The second-order valence-corrected chi connectivity index (χ2v) is 5.09. The molecule has 4 rings (SSSR count). The first-order valence-electron chi connectivity index (χ1n) is 6.54. The lowest BCUT2D eigenvalue weighted by atomic mass is 9.93. The van der Waals surface area contributed by atoms with Crippen molar-refractivity contribution in [3.8, 4) is 0 Å². The number of hydrogen-bond acceptors (Lipinski definition) is 1. The van der Waals surface area contributed by atoms with Crippen LogP contribution in [-0.2, 0) is 0 Å². The van der Waals surface area contributed by atoms with Crippen LogP contribution in [0.1, 0.15) is 0 Å². The van der Waals surface area contributed by atoms with Gasteiger partial charge in [-0.05, 0) is 33.0 Å². The average Bonchev–Trinajstić information content (AvgIpc) is 2.45. The van der Waals surface area contributed by atoms with Crippen molar-refractivity contribution in [2.45, 2.75) is 6.30 Å². The lowest BCUT2D eigenvalue weighted by molar-refractivity contribution is -0.0998. The molecule has 0 aliphatic heterocycles.